The first-order valence-corrected chi connectivity index (χ1v) is 11.8. The van der Waals surface area contributed by atoms with Crippen LogP contribution < -0.4 is 11.1 Å². The second kappa shape index (κ2) is 10.1. The van der Waals surface area contributed by atoms with Crippen LogP contribution in [0.15, 0.2) is 61.7 Å². The first kappa shape index (κ1) is 24.0. The highest BCUT2D eigenvalue weighted by Gasteiger charge is 2.28. The molecule has 2 amide bonds. The minimum absolute atomic E-state index is 0.0600. The molecule has 10 nitrogen and oxygen atoms in total. The quantitative estimate of drug-likeness (QED) is 0.389. The second-order valence-corrected chi connectivity index (χ2v) is 8.77. The number of fused-ring (bicyclic) bond motifs is 1. The van der Waals surface area contributed by atoms with E-state index < -0.39 is 11.7 Å². The fourth-order valence-corrected chi connectivity index (χ4v) is 4.55. The Morgan fingerprint density at radius 2 is 2.03 bits per heavy atom. The molecular formula is C26H25FN8O2. The van der Waals surface area contributed by atoms with Crippen LogP contribution in [0.4, 0.5) is 10.2 Å². The maximum Gasteiger partial charge on any atom is 0.254 e. The highest BCUT2D eigenvalue weighted by atomic mass is 19.1. The van der Waals surface area contributed by atoms with Gasteiger partial charge in [0.25, 0.3) is 5.91 Å². The summed E-state index contributed by atoms with van der Waals surface area (Å²) < 4.78 is 15.6. The third kappa shape index (κ3) is 4.75. The van der Waals surface area contributed by atoms with E-state index in [0.717, 1.165) is 30.2 Å². The van der Waals surface area contributed by atoms with Crippen LogP contribution in [0, 0.1) is 5.82 Å². The van der Waals surface area contributed by atoms with Gasteiger partial charge < -0.3 is 16.0 Å². The molecule has 1 aliphatic rings. The first-order valence-electron chi connectivity index (χ1n) is 11.8. The molecule has 3 aromatic heterocycles. The summed E-state index contributed by atoms with van der Waals surface area (Å²) in [5, 5.41) is 8.23. The number of nitrogen functional groups attached to an aromatic ring is 1. The summed E-state index contributed by atoms with van der Waals surface area (Å²) >= 11 is 0. The lowest BCUT2D eigenvalue weighted by Gasteiger charge is -2.32. The number of rotatable bonds is 6. The van der Waals surface area contributed by atoms with Gasteiger partial charge in [0.1, 0.15) is 17.8 Å². The van der Waals surface area contributed by atoms with Gasteiger partial charge >= 0.3 is 0 Å². The van der Waals surface area contributed by atoms with Crippen LogP contribution in [0.3, 0.4) is 0 Å². The zero-order chi connectivity index (χ0) is 25.9. The topological polar surface area (TPSA) is 132 Å². The van der Waals surface area contributed by atoms with E-state index in [1.165, 1.54) is 24.7 Å². The Kier molecular flexibility index (Phi) is 6.59. The number of hydrogen-bond acceptors (Lipinski definition) is 7. The van der Waals surface area contributed by atoms with Crippen molar-refractivity contribution in [1.29, 1.82) is 0 Å². The molecule has 5 rings (SSSR count). The molecule has 0 spiro atoms. The fraction of sp³-hybridized carbons (Fsp3) is 0.231. The largest absolute Gasteiger partial charge is 0.383 e. The summed E-state index contributed by atoms with van der Waals surface area (Å²) in [6.07, 6.45) is 6.79. The minimum Gasteiger partial charge on any atom is -0.383 e. The van der Waals surface area contributed by atoms with Crippen molar-refractivity contribution in [2.75, 3.05) is 18.8 Å². The molecule has 3 N–H and O–H groups in total. The third-order valence-corrected chi connectivity index (χ3v) is 6.44. The summed E-state index contributed by atoms with van der Waals surface area (Å²) in [5.74, 6) is -0.982. The summed E-state index contributed by atoms with van der Waals surface area (Å²) in [7, 11) is 0. The third-order valence-electron chi connectivity index (χ3n) is 6.44. The standard InChI is InChI=1S/C26H25FN8O2/c1-2-21(36)34-11-3-4-18(14-34)35-25-22(24(28)31-15-32-25)23(33-35)17-7-5-16(6-8-17)12-30-26(37)19-9-10-29-13-20(19)27/h2,5-10,13,15,18H,1,3-4,11-12,14H2,(H,30,37)(H2,28,31,32)/t18-/m1/s1. The van der Waals surface area contributed by atoms with Gasteiger partial charge in [-0.25, -0.2) is 19.0 Å². The van der Waals surface area contributed by atoms with Crippen molar-refractivity contribution in [3.05, 3.63) is 78.7 Å². The van der Waals surface area contributed by atoms with Gasteiger partial charge in [0, 0.05) is 31.4 Å². The number of likely N-dealkylation sites (tertiary alicyclic amines) is 1. The lowest BCUT2D eigenvalue weighted by molar-refractivity contribution is -0.127. The second-order valence-electron chi connectivity index (χ2n) is 8.77. The van der Waals surface area contributed by atoms with Crippen molar-refractivity contribution in [3.8, 4) is 11.3 Å². The summed E-state index contributed by atoms with van der Waals surface area (Å²) in [5.41, 5.74) is 9.06. The van der Waals surface area contributed by atoms with Gasteiger partial charge in [0.05, 0.1) is 23.2 Å². The van der Waals surface area contributed by atoms with Crippen molar-refractivity contribution < 1.29 is 14.0 Å². The maximum absolute atomic E-state index is 13.8. The molecule has 11 heteroatoms. The number of nitrogens with two attached hydrogens (primary N) is 1. The van der Waals surface area contributed by atoms with E-state index in [0.29, 0.717) is 35.6 Å². The number of anilines is 1. The van der Waals surface area contributed by atoms with Crippen molar-refractivity contribution in [1.82, 2.24) is 34.9 Å². The molecule has 188 valence electrons. The zero-order valence-electron chi connectivity index (χ0n) is 20.0. The van der Waals surface area contributed by atoms with Gasteiger partial charge in [-0.05, 0) is 30.5 Å². The summed E-state index contributed by atoms with van der Waals surface area (Å²) in [6, 6.07) is 8.73. The van der Waals surface area contributed by atoms with Crippen LogP contribution in [-0.4, -0.2) is 54.5 Å². The Hall–Kier alpha value is -4.67. The summed E-state index contributed by atoms with van der Waals surface area (Å²) in [4.78, 5) is 38.5. The van der Waals surface area contributed by atoms with Crippen molar-refractivity contribution in [3.63, 3.8) is 0 Å². The molecule has 1 atom stereocenters. The number of amides is 2. The van der Waals surface area contributed by atoms with Gasteiger partial charge in [-0.15, -0.1) is 0 Å². The Bertz CT molecular complexity index is 1480. The number of hydrogen-bond donors (Lipinski definition) is 2. The van der Waals surface area contributed by atoms with E-state index >= 15 is 0 Å². The Morgan fingerprint density at radius 1 is 1.22 bits per heavy atom. The van der Waals surface area contributed by atoms with Crippen molar-refractivity contribution in [2.24, 2.45) is 0 Å². The number of carbonyl (C=O) groups excluding carboxylic acids is 2. The smallest absolute Gasteiger partial charge is 0.254 e. The van der Waals surface area contributed by atoms with E-state index in [-0.39, 0.29) is 24.1 Å². The molecular weight excluding hydrogens is 475 g/mol. The monoisotopic (exact) mass is 500 g/mol. The van der Waals surface area contributed by atoms with Crippen LogP contribution in [0.1, 0.15) is 34.8 Å². The number of piperidine rings is 1. The molecule has 0 bridgehead atoms. The van der Waals surface area contributed by atoms with Gasteiger partial charge in [0.2, 0.25) is 5.91 Å². The van der Waals surface area contributed by atoms with Crippen LogP contribution in [0.25, 0.3) is 22.3 Å². The number of halogens is 1. The van der Waals surface area contributed by atoms with E-state index in [1.807, 2.05) is 28.9 Å². The van der Waals surface area contributed by atoms with E-state index in [9.17, 15) is 14.0 Å². The number of carbonyl (C=O) groups is 2. The Morgan fingerprint density at radius 3 is 2.78 bits per heavy atom. The van der Waals surface area contributed by atoms with Gasteiger partial charge in [-0.3, -0.25) is 14.6 Å². The Balaban J connectivity index is 1.40. The first-order chi connectivity index (χ1) is 18.0. The molecule has 1 fully saturated rings. The molecule has 1 aromatic carbocycles. The summed E-state index contributed by atoms with van der Waals surface area (Å²) in [6.45, 7) is 4.99. The molecule has 0 saturated carbocycles. The maximum atomic E-state index is 13.8. The molecule has 0 radical (unpaired) electrons. The lowest BCUT2D eigenvalue weighted by Crippen LogP contribution is -2.40. The highest BCUT2D eigenvalue weighted by molar-refractivity contribution is 5.98. The van der Waals surface area contributed by atoms with Gasteiger partial charge in [0.15, 0.2) is 11.5 Å². The van der Waals surface area contributed by atoms with Gasteiger partial charge in [-0.2, -0.15) is 5.10 Å². The average molecular weight is 501 g/mol. The fourth-order valence-electron chi connectivity index (χ4n) is 4.55. The zero-order valence-corrected chi connectivity index (χ0v) is 20.0. The SMILES string of the molecule is C=CC(=O)N1CCC[C@@H](n2nc(-c3ccc(CNC(=O)c4ccncc4F)cc3)c3c(N)ncnc32)C1. The minimum atomic E-state index is -0.674. The van der Waals surface area contributed by atoms with Gasteiger partial charge in [-0.1, -0.05) is 30.8 Å². The molecule has 1 aliphatic heterocycles. The van der Waals surface area contributed by atoms with E-state index in [2.05, 4.69) is 26.8 Å². The van der Waals surface area contributed by atoms with Crippen molar-refractivity contribution in [2.45, 2.75) is 25.4 Å². The molecule has 0 unspecified atom stereocenters. The normalized spacial score (nSPS) is 15.5. The van der Waals surface area contributed by atoms with Crippen LogP contribution in [-0.2, 0) is 11.3 Å². The number of nitrogens with zero attached hydrogens (tertiary/aromatic N) is 6. The van der Waals surface area contributed by atoms with Crippen LogP contribution >= 0.6 is 0 Å². The molecule has 4 heterocycles. The van der Waals surface area contributed by atoms with Crippen LogP contribution in [0.5, 0.6) is 0 Å². The molecule has 0 aliphatic carbocycles. The number of pyridine rings is 1. The molecule has 37 heavy (non-hydrogen) atoms. The van der Waals surface area contributed by atoms with Crippen molar-refractivity contribution >= 4 is 28.7 Å². The van der Waals surface area contributed by atoms with Crippen LogP contribution in [0.2, 0.25) is 0 Å². The predicted octanol–water partition coefficient (Wildman–Crippen LogP) is 2.89. The molecule has 1 saturated heterocycles. The highest BCUT2D eigenvalue weighted by Crippen LogP contribution is 2.33. The Labute approximate surface area is 212 Å². The number of aromatic nitrogens is 5. The molecule has 4 aromatic rings. The number of benzene rings is 1. The van der Waals surface area contributed by atoms with E-state index in [4.69, 9.17) is 10.8 Å². The predicted molar refractivity (Wildman–Crippen MR) is 136 cm³/mol. The number of nitrogens with one attached hydrogen (secondary N) is 1. The van der Waals surface area contributed by atoms with E-state index in [1.54, 1.807) is 4.90 Å². The lowest BCUT2D eigenvalue weighted by atomic mass is 10.1. The average Bonchev–Trinajstić information content (AvgIpc) is 3.33.